The lowest BCUT2D eigenvalue weighted by atomic mass is 10.00. The van der Waals surface area contributed by atoms with Crippen molar-refractivity contribution < 1.29 is 4.79 Å². The second-order valence-corrected chi connectivity index (χ2v) is 4.18. The van der Waals surface area contributed by atoms with E-state index in [2.05, 4.69) is 24.2 Å². The molecule has 1 saturated heterocycles. The largest absolute Gasteiger partial charge is 0.356 e. The predicted molar refractivity (Wildman–Crippen MR) is 58.2 cm³/mol. The highest BCUT2D eigenvalue weighted by Crippen LogP contribution is 2.17. The third-order valence-corrected chi connectivity index (χ3v) is 2.91. The van der Waals surface area contributed by atoms with E-state index in [-0.39, 0.29) is 5.91 Å². The van der Waals surface area contributed by atoms with Crippen LogP contribution in [0.5, 0.6) is 0 Å². The van der Waals surface area contributed by atoms with Crippen LogP contribution in [0.15, 0.2) is 0 Å². The van der Waals surface area contributed by atoms with Crippen molar-refractivity contribution in [1.29, 1.82) is 0 Å². The van der Waals surface area contributed by atoms with Gasteiger partial charge in [-0.05, 0) is 32.9 Å². The zero-order chi connectivity index (χ0) is 10.4. The Hall–Kier alpha value is -0.570. The van der Waals surface area contributed by atoms with Crippen LogP contribution in [0.1, 0.15) is 39.0 Å². The van der Waals surface area contributed by atoms with E-state index in [1.807, 2.05) is 0 Å². The molecule has 1 aliphatic heterocycles. The van der Waals surface area contributed by atoms with Gasteiger partial charge in [-0.15, -0.1) is 0 Å². The molecule has 0 spiro atoms. The van der Waals surface area contributed by atoms with Gasteiger partial charge < -0.3 is 10.2 Å². The fourth-order valence-corrected chi connectivity index (χ4v) is 1.95. The Bertz CT molecular complexity index is 182. The van der Waals surface area contributed by atoms with Crippen molar-refractivity contribution in [2.75, 3.05) is 20.1 Å². The van der Waals surface area contributed by atoms with Crippen LogP contribution in [0.4, 0.5) is 0 Å². The number of hydrogen-bond acceptors (Lipinski definition) is 2. The minimum Gasteiger partial charge on any atom is -0.356 e. The minimum absolute atomic E-state index is 0.214. The fourth-order valence-electron chi connectivity index (χ4n) is 1.95. The molecule has 1 N–H and O–H groups in total. The summed E-state index contributed by atoms with van der Waals surface area (Å²) in [6.07, 6.45) is 5.43. The average molecular weight is 198 g/mol. The van der Waals surface area contributed by atoms with E-state index in [0.717, 1.165) is 19.5 Å². The standard InChI is InChI=1S/C11H22N2O/c1-3-7-12-11(14)9-10-6-4-5-8-13(10)2/h10H,3-9H2,1-2H3,(H,12,14). The number of carbonyl (C=O) groups excluding carboxylic acids is 1. The van der Waals surface area contributed by atoms with Crippen molar-refractivity contribution in [3.05, 3.63) is 0 Å². The van der Waals surface area contributed by atoms with Gasteiger partial charge in [-0.25, -0.2) is 0 Å². The van der Waals surface area contributed by atoms with E-state index in [1.165, 1.54) is 19.3 Å². The predicted octanol–water partition coefficient (Wildman–Crippen LogP) is 1.39. The Labute approximate surface area is 86.9 Å². The molecule has 0 aromatic carbocycles. The molecule has 0 aliphatic carbocycles. The molecule has 1 heterocycles. The normalized spacial score (nSPS) is 23.4. The molecule has 14 heavy (non-hydrogen) atoms. The number of piperidine rings is 1. The topological polar surface area (TPSA) is 32.3 Å². The smallest absolute Gasteiger partial charge is 0.221 e. The van der Waals surface area contributed by atoms with Gasteiger partial charge in [0.25, 0.3) is 0 Å². The van der Waals surface area contributed by atoms with Crippen LogP contribution in [0, 0.1) is 0 Å². The van der Waals surface area contributed by atoms with Gasteiger partial charge in [-0.3, -0.25) is 4.79 Å². The molecule has 1 rings (SSSR count). The highest BCUT2D eigenvalue weighted by molar-refractivity contribution is 5.76. The number of rotatable bonds is 4. The van der Waals surface area contributed by atoms with Crippen LogP contribution >= 0.6 is 0 Å². The molecule has 1 fully saturated rings. The molecule has 1 atom stereocenters. The van der Waals surface area contributed by atoms with Gasteiger partial charge in [0.15, 0.2) is 0 Å². The summed E-state index contributed by atoms with van der Waals surface area (Å²) in [4.78, 5) is 13.8. The molecule has 1 amide bonds. The molecular weight excluding hydrogens is 176 g/mol. The summed E-state index contributed by atoms with van der Waals surface area (Å²) < 4.78 is 0. The summed E-state index contributed by atoms with van der Waals surface area (Å²) in [5, 5.41) is 2.93. The van der Waals surface area contributed by atoms with Crippen molar-refractivity contribution in [3.63, 3.8) is 0 Å². The van der Waals surface area contributed by atoms with Crippen molar-refractivity contribution in [1.82, 2.24) is 10.2 Å². The summed E-state index contributed by atoms with van der Waals surface area (Å²) in [6.45, 7) is 4.04. The maximum Gasteiger partial charge on any atom is 0.221 e. The van der Waals surface area contributed by atoms with E-state index in [9.17, 15) is 4.79 Å². The Balaban J connectivity index is 2.23. The van der Waals surface area contributed by atoms with E-state index in [1.54, 1.807) is 0 Å². The lowest BCUT2D eigenvalue weighted by molar-refractivity contribution is -0.122. The first-order valence-electron chi connectivity index (χ1n) is 5.71. The van der Waals surface area contributed by atoms with Crippen LogP contribution in [-0.4, -0.2) is 37.0 Å². The zero-order valence-corrected chi connectivity index (χ0v) is 9.38. The van der Waals surface area contributed by atoms with Crippen LogP contribution in [0.3, 0.4) is 0 Å². The fraction of sp³-hybridized carbons (Fsp3) is 0.909. The summed E-state index contributed by atoms with van der Waals surface area (Å²) in [7, 11) is 2.12. The zero-order valence-electron chi connectivity index (χ0n) is 9.38. The molecule has 0 aromatic rings. The number of nitrogens with zero attached hydrogens (tertiary/aromatic N) is 1. The minimum atomic E-state index is 0.214. The average Bonchev–Trinajstić information content (AvgIpc) is 2.18. The Kier molecular flexibility index (Phi) is 4.94. The van der Waals surface area contributed by atoms with Crippen molar-refractivity contribution in [2.24, 2.45) is 0 Å². The van der Waals surface area contributed by atoms with E-state index < -0.39 is 0 Å². The number of likely N-dealkylation sites (tertiary alicyclic amines) is 1. The highest BCUT2D eigenvalue weighted by atomic mass is 16.1. The lowest BCUT2D eigenvalue weighted by Crippen LogP contribution is -2.40. The molecule has 1 aliphatic rings. The SMILES string of the molecule is CCCNC(=O)CC1CCCCN1C. The highest BCUT2D eigenvalue weighted by Gasteiger charge is 2.21. The van der Waals surface area contributed by atoms with Crippen LogP contribution in [-0.2, 0) is 4.79 Å². The Morgan fingerprint density at radius 3 is 2.93 bits per heavy atom. The number of nitrogens with one attached hydrogen (secondary N) is 1. The van der Waals surface area contributed by atoms with Gasteiger partial charge in [0.2, 0.25) is 5.91 Å². The van der Waals surface area contributed by atoms with Gasteiger partial charge >= 0.3 is 0 Å². The molecule has 82 valence electrons. The van der Waals surface area contributed by atoms with Crippen LogP contribution in [0.2, 0.25) is 0 Å². The molecule has 3 heteroatoms. The third kappa shape index (κ3) is 3.66. The summed E-state index contributed by atoms with van der Waals surface area (Å²) in [6, 6.07) is 0.473. The quantitative estimate of drug-likeness (QED) is 0.740. The maximum atomic E-state index is 11.5. The molecule has 1 unspecified atom stereocenters. The molecule has 0 saturated carbocycles. The van der Waals surface area contributed by atoms with E-state index in [0.29, 0.717) is 12.5 Å². The van der Waals surface area contributed by atoms with Gasteiger partial charge in [0, 0.05) is 19.0 Å². The van der Waals surface area contributed by atoms with Gasteiger partial charge in [0.1, 0.15) is 0 Å². The first-order valence-corrected chi connectivity index (χ1v) is 5.71. The summed E-state index contributed by atoms with van der Waals surface area (Å²) >= 11 is 0. The van der Waals surface area contributed by atoms with E-state index >= 15 is 0 Å². The summed E-state index contributed by atoms with van der Waals surface area (Å²) in [5.74, 6) is 0.214. The second kappa shape index (κ2) is 6.02. The lowest BCUT2D eigenvalue weighted by Gasteiger charge is -2.31. The van der Waals surface area contributed by atoms with Crippen LogP contribution < -0.4 is 5.32 Å². The summed E-state index contributed by atoms with van der Waals surface area (Å²) in [5.41, 5.74) is 0. The molecule has 3 nitrogen and oxygen atoms in total. The number of hydrogen-bond donors (Lipinski definition) is 1. The van der Waals surface area contributed by atoms with E-state index in [4.69, 9.17) is 0 Å². The van der Waals surface area contributed by atoms with Crippen LogP contribution in [0.25, 0.3) is 0 Å². The Morgan fingerprint density at radius 2 is 2.29 bits per heavy atom. The number of carbonyl (C=O) groups is 1. The molecule has 0 radical (unpaired) electrons. The van der Waals surface area contributed by atoms with Gasteiger partial charge in [0.05, 0.1) is 0 Å². The first-order chi connectivity index (χ1) is 6.74. The Morgan fingerprint density at radius 1 is 1.50 bits per heavy atom. The van der Waals surface area contributed by atoms with Crippen molar-refractivity contribution >= 4 is 5.91 Å². The monoisotopic (exact) mass is 198 g/mol. The molecule has 0 aromatic heterocycles. The second-order valence-electron chi connectivity index (χ2n) is 4.18. The van der Waals surface area contributed by atoms with Gasteiger partial charge in [-0.1, -0.05) is 13.3 Å². The van der Waals surface area contributed by atoms with Gasteiger partial charge in [-0.2, -0.15) is 0 Å². The van der Waals surface area contributed by atoms with Crippen molar-refractivity contribution in [2.45, 2.75) is 45.1 Å². The number of amides is 1. The maximum absolute atomic E-state index is 11.5. The third-order valence-electron chi connectivity index (χ3n) is 2.91. The molecule has 0 bridgehead atoms. The molecular formula is C11H22N2O. The van der Waals surface area contributed by atoms with Crippen molar-refractivity contribution in [3.8, 4) is 0 Å². The first kappa shape index (κ1) is 11.5.